The van der Waals surface area contributed by atoms with Gasteiger partial charge in [-0.1, -0.05) is 18.9 Å². The van der Waals surface area contributed by atoms with E-state index in [-0.39, 0.29) is 11.9 Å². The number of tetrazole rings is 1. The van der Waals surface area contributed by atoms with Crippen molar-refractivity contribution in [3.63, 3.8) is 0 Å². The van der Waals surface area contributed by atoms with Crippen molar-refractivity contribution in [3.05, 3.63) is 30.6 Å². The molecule has 1 amide bonds. The third-order valence-electron chi connectivity index (χ3n) is 4.91. The van der Waals surface area contributed by atoms with Crippen molar-refractivity contribution >= 4 is 11.6 Å². The standard InChI is InChI=1S/C16H20N6O/c23-16(15-8-11-4-1-2-7-14(11)19-15)18-12-5-3-6-13(9-12)22-10-17-20-21-22/h3,5-6,9-11,14-15,19H,1-2,4,7-8H2,(H,18,23). The molecule has 2 heterocycles. The molecule has 1 saturated heterocycles. The fourth-order valence-electron chi connectivity index (χ4n) is 3.76. The Bertz CT molecular complexity index is 672. The van der Waals surface area contributed by atoms with Crippen molar-refractivity contribution in [2.75, 3.05) is 5.32 Å². The fraction of sp³-hybridized carbons (Fsp3) is 0.500. The summed E-state index contributed by atoms with van der Waals surface area (Å²) in [6.45, 7) is 0. The van der Waals surface area contributed by atoms with Crippen LogP contribution >= 0.6 is 0 Å². The first kappa shape index (κ1) is 14.3. The molecule has 0 bridgehead atoms. The van der Waals surface area contributed by atoms with Crippen LogP contribution in [0, 0.1) is 5.92 Å². The number of carbonyl (C=O) groups excluding carboxylic acids is 1. The first-order chi connectivity index (χ1) is 11.3. The Morgan fingerprint density at radius 3 is 3.04 bits per heavy atom. The number of carbonyl (C=O) groups is 1. The van der Waals surface area contributed by atoms with Crippen LogP contribution in [-0.2, 0) is 4.79 Å². The van der Waals surface area contributed by atoms with Crippen molar-refractivity contribution in [3.8, 4) is 5.69 Å². The summed E-state index contributed by atoms with van der Waals surface area (Å²) in [4.78, 5) is 12.5. The number of hydrogen-bond donors (Lipinski definition) is 2. The molecule has 1 saturated carbocycles. The summed E-state index contributed by atoms with van der Waals surface area (Å²) in [6, 6.07) is 7.97. The molecule has 0 radical (unpaired) electrons. The van der Waals surface area contributed by atoms with E-state index < -0.39 is 0 Å². The minimum atomic E-state index is -0.0835. The van der Waals surface area contributed by atoms with Gasteiger partial charge in [0.1, 0.15) is 6.33 Å². The smallest absolute Gasteiger partial charge is 0.241 e. The maximum Gasteiger partial charge on any atom is 0.241 e. The summed E-state index contributed by atoms with van der Waals surface area (Å²) in [5, 5.41) is 17.6. The number of benzene rings is 1. The van der Waals surface area contributed by atoms with Crippen LogP contribution in [0.3, 0.4) is 0 Å². The van der Waals surface area contributed by atoms with Gasteiger partial charge in [-0.25, -0.2) is 4.68 Å². The molecule has 2 N–H and O–H groups in total. The molecular formula is C16H20N6O. The topological polar surface area (TPSA) is 84.7 Å². The van der Waals surface area contributed by atoms with E-state index in [1.54, 1.807) is 4.68 Å². The molecule has 1 aromatic heterocycles. The molecule has 2 aromatic rings. The zero-order chi connectivity index (χ0) is 15.6. The highest BCUT2D eigenvalue weighted by Crippen LogP contribution is 2.33. The highest BCUT2D eigenvalue weighted by Gasteiger charge is 2.38. The van der Waals surface area contributed by atoms with Gasteiger partial charge in [0.05, 0.1) is 11.7 Å². The Kier molecular flexibility index (Phi) is 3.78. The summed E-state index contributed by atoms with van der Waals surface area (Å²) < 4.78 is 1.57. The summed E-state index contributed by atoms with van der Waals surface area (Å²) in [6.07, 6.45) is 7.49. The molecule has 0 spiro atoms. The second-order valence-electron chi connectivity index (χ2n) is 6.40. The minimum absolute atomic E-state index is 0.0493. The summed E-state index contributed by atoms with van der Waals surface area (Å²) in [5.74, 6) is 0.709. The molecule has 1 aromatic carbocycles. The van der Waals surface area contributed by atoms with Gasteiger partial charge >= 0.3 is 0 Å². The first-order valence-corrected chi connectivity index (χ1v) is 8.20. The van der Waals surface area contributed by atoms with E-state index in [9.17, 15) is 4.79 Å². The molecule has 7 nitrogen and oxygen atoms in total. The number of hydrogen-bond acceptors (Lipinski definition) is 5. The van der Waals surface area contributed by atoms with E-state index in [1.165, 1.54) is 32.0 Å². The SMILES string of the molecule is O=C(Nc1cccc(-n2cnnn2)c1)C1CC2CCCCC2N1. The van der Waals surface area contributed by atoms with Crippen LogP contribution in [0.4, 0.5) is 5.69 Å². The van der Waals surface area contributed by atoms with E-state index in [4.69, 9.17) is 0 Å². The van der Waals surface area contributed by atoms with Gasteiger partial charge in [-0.15, -0.1) is 5.10 Å². The highest BCUT2D eigenvalue weighted by atomic mass is 16.2. The van der Waals surface area contributed by atoms with E-state index >= 15 is 0 Å². The van der Waals surface area contributed by atoms with Gasteiger partial charge < -0.3 is 10.6 Å². The molecule has 1 aliphatic heterocycles. The number of amides is 1. The van der Waals surface area contributed by atoms with Crippen LogP contribution in [0.2, 0.25) is 0 Å². The Labute approximate surface area is 134 Å². The Morgan fingerprint density at radius 1 is 1.30 bits per heavy atom. The second-order valence-corrected chi connectivity index (χ2v) is 6.40. The number of nitrogens with zero attached hydrogens (tertiary/aromatic N) is 4. The molecule has 7 heteroatoms. The maximum absolute atomic E-state index is 12.5. The van der Waals surface area contributed by atoms with Crippen LogP contribution in [-0.4, -0.2) is 38.2 Å². The summed E-state index contributed by atoms with van der Waals surface area (Å²) >= 11 is 0. The van der Waals surface area contributed by atoms with Crippen LogP contribution in [0.5, 0.6) is 0 Å². The van der Waals surface area contributed by atoms with Crippen molar-refractivity contribution in [2.24, 2.45) is 5.92 Å². The maximum atomic E-state index is 12.5. The number of rotatable bonds is 3. The lowest BCUT2D eigenvalue weighted by Gasteiger charge is -2.24. The van der Waals surface area contributed by atoms with Gasteiger partial charge in [-0.2, -0.15) is 0 Å². The number of anilines is 1. The normalized spacial score (nSPS) is 26.7. The van der Waals surface area contributed by atoms with Crippen molar-refractivity contribution in [1.29, 1.82) is 0 Å². The number of aromatic nitrogens is 4. The second kappa shape index (κ2) is 6.08. The molecule has 1 aliphatic carbocycles. The van der Waals surface area contributed by atoms with Gasteiger partial charge in [-0.3, -0.25) is 4.79 Å². The fourth-order valence-corrected chi connectivity index (χ4v) is 3.76. The van der Waals surface area contributed by atoms with Crippen LogP contribution in [0.15, 0.2) is 30.6 Å². The lowest BCUT2D eigenvalue weighted by Crippen LogP contribution is -2.39. The van der Waals surface area contributed by atoms with Crippen LogP contribution in [0.25, 0.3) is 5.69 Å². The highest BCUT2D eigenvalue weighted by molar-refractivity contribution is 5.95. The van der Waals surface area contributed by atoms with Gasteiger partial charge in [-0.05, 0) is 53.8 Å². The third-order valence-corrected chi connectivity index (χ3v) is 4.91. The molecular weight excluding hydrogens is 292 g/mol. The van der Waals surface area contributed by atoms with Gasteiger partial charge in [0.25, 0.3) is 0 Å². The molecule has 2 aliphatic rings. The van der Waals surface area contributed by atoms with Crippen molar-refractivity contribution < 1.29 is 4.79 Å². The Morgan fingerprint density at radius 2 is 2.22 bits per heavy atom. The first-order valence-electron chi connectivity index (χ1n) is 8.20. The van der Waals surface area contributed by atoms with Crippen molar-refractivity contribution in [2.45, 2.75) is 44.2 Å². The monoisotopic (exact) mass is 312 g/mol. The predicted molar refractivity (Wildman–Crippen MR) is 85.1 cm³/mol. The molecule has 4 rings (SSSR count). The molecule has 23 heavy (non-hydrogen) atoms. The lowest BCUT2D eigenvalue weighted by molar-refractivity contribution is -0.117. The Balaban J connectivity index is 1.44. The largest absolute Gasteiger partial charge is 0.325 e. The summed E-state index contributed by atoms with van der Waals surface area (Å²) in [7, 11) is 0. The zero-order valence-corrected chi connectivity index (χ0v) is 12.9. The number of fused-ring (bicyclic) bond motifs is 1. The quantitative estimate of drug-likeness (QED) is 0.897. The zero-order valence-electron chi connectivity index (χ0n) is 12.9. The van der Waals surface area contributed by atoms with Gasteiger partial charge in [0.2, 0.25) is 5.91 Å². The average molecular weight is 312 g/mol. The van der Waals surface area contributed by atoms with E-state index in [0.717, 1.165) is 17.8 Å². The number of nitrogens with one attached hydrogen (secondary N) is 2. The van der Waals surface area contributed by atoms with E-state index in [2.05, 4.69) is 26.2 Å². The van der Waals surface area contributed by atoms with Crippen LogP contribution < -0.4 is 10.6 Å². The van der Waals surface area contributed by atoms with Gasteiger partial charge in [0.15, 0.2) is 0 Å². The lowest BCUT2D eigenvalue weighted by atomic mass is 9.85. The molecule has 120 valence electrons. The minimum Gasteiger partial charge on any atom is -0.325 e. The van der Waals surface area contributed by atoms with E-state index in [1.807, 2.05) is 24.3 Å². The average Bonchev–Trinajstić information content (AvgIpc) is 3.24. The molecule has 2 fully saturated rings. The van der Waals surface area contributed by atoms with Crippen LogP contribution in [0.1, 0.15) is 32.1 Å². The van der Waals surface area contributed by atoms with Crippen molar-refractivity contribution in [1.82, 2.24) is 25.5 Å². The predicted octanol–water partition coefficient (Wildman–Crippen LogP) is 1.52. The molecule has 3 atom stereocenters. The van der Waals surface area contributed by atoms with Gasteiger partial charge in [0, 0.05) is 11.7 Å². The van der Waals surface area contributed by atoms with E-state index in [0.29, 0.717) is 12.0 Å². The molecule has 3 unspecified atom stereocenters. The third kappa shape index (κ3) is 2.96. The Hall–Kier alpha value is -2.28. The summed E-state index contributed by atoms with van der Waals surface area (Å²) in [5.41, 5.74) is 1.58.